The van der Waals surface area contributed by atoms with Crippen LogP contribution in [0.15, 0.2) is 182 Å². The van der Waals surface area contributed by atoms with Crippen LogP contribution in [0.4, 0.5) is 0 Å². The van der Waals surface area contributed by atoms with Crippen LogP contribution in [0.5, 0.6) is 0 Å². The van der Waals surface area contributed by atoms with Gasteiger partial charge in [0.05, 0.1) is 0 Å². The molecule has 0 aliphatic rings. The molecule has 0 saturated heterocycles. The van der Waals surface area contributed by atoms with Crippen molar-refractivity contribution in [3.8, 4) is 22.3 Å². The summed E-state index contributed by atoms with van der Waals surface area (Å²) < 4.78 is 0. The summed E-state index contributed by atoms with van der Waals surface area (Å²) in [5, 5.41) is 19.5. The van der Waals surface area contributed by atoms with E-state index in [4.69, 9.17) is 0 Å². The zero-order valence-corrected chi connectivity index (χ0v) is 60.9. The summed E-state index contributed by atoms with van der Waals surface area (Å²) in [6.07, 6.45) is 0. The van der Waals surface area contributed by atoms with Crippen molar-refractivity contribution in [2.24, 2.45) is 0 Å². The highest BCUT2D eigenvalue weighted by atomic mass is 28.3. The number of fused-ring (bicyclic) bond motifs is 2. The van der Waals surface area contributed by atoms with E-state index in [2.05, 4.69) is 334 Å². The van der Waals surface area contributed by atoms with Gasteiger partial charge in [0, 0.05) is 0 Å². The minimum Gasteiger partial charge on any atom is -0.175 e. The van der Waals surface area contributed by atoms with E-state index < -0.39 is 16.1 Å². The second kappa shape index (κ2) is 24.3. The highest BCUT2D eigenvalue weighted by Gasteiger charge is 2.50. The molecule has 0 aliphatic carbocycles. The van der Waals surface area contributed by atoms with Crippen molar-refractivity contribution in [1.82, 2.24) is 0 Å². The van der Waals surface area contributed by atoms with Gasteiger partial charge in [0.1, 0.15) is 0 Å². The summed E-state index contributed by atoms with van der Waals surface area (Å²) in [5.74, 6) is 2.66. The Labute approximate surface area is 545 Å². The van der Waals surface area contributed by atoms with Crippen molar-refractivity contribution in [2.45, 2.75) is 210 Å². The van der Waals surface area contributed by atoms with Gasteiger partial charge in [-0.3, -0.25) is 0 Å². The van der Waals surface area contributed by atoms with Gasteiger partial charge in [-0.05, 0) is 210 Å². The molecule has 90 heavy (non-hydrogen) atoms. The van der Waals surface area contributed by atoms with Crippen molar-refractivity contribution >= 4 is 90.4 Å². The molecular weight excluding hydrogens is 1110 g/mol. The number of hydrogen-bond acceptors (Lipinski definition) is 0. The van der Waals surface area contributed by atoms with Crippen LogP contribution in [-0.4, -0.2) is 16.1 Å². The van der Waals surface area contributed by atoms with Crippen LogP contribution >= 0.6 is 0 Å². The number of hydrogen-bond donors (Lipinski definition) is 0. The highest BCUT2D eigenvalue weighted by Crippen LogP contribution is 2.52. The Bertz CT molecular complexity index is 3960. The van der Waals surface area contributed by atoms with E-state index in [-0.39, 0.29) is 10.1 Å². The lowest BCUT2D eigenvalue weighted by Gasteiger charge is -2.57. The molecule has 0 amide bonds. The van der Waals surface area contributed by atoms with Gasteiger partial charge in [0.15, 0.2) is 8.07 Å². The first-order valence-corrected chi connectivity index (χ1v) is 38.5. The van der Waals surface area contributed by atoms with Crippen LogP contribution in [0.1, 0.15) is 244 Å². The Morgan fingerprint density at radius 2 is 0.611 bits per heavy atom. The molecular formula is C88H104Si2-. The molecule has 0 spiro atoms. The van der Waals surface area contributed by atoms with Crippen LogP contribution in [0.3, 0.4) is 0 Å². The van der Waals surface area contributed by atoms with Crippen molar-refractivity contribution in [1.29, 1.82) is 0 Å². The van der Waals surface area contributed by atoms with Crippen LogP contribution in [0.2, 0.25) is 10.1 Å². The van der Waals surface area contributed by atoms with Crippen molar-refractivity contribution in [2.75, 3.05) is 0 Å². The first-order valence-electron chi connectivity index (χ1n) is 34.5. The lowest BCUT2D eigenvalue weighted by molar-refractivity contribution is 0.739. The Morgan fingerprint density at radius 3 is 0.933 bits per heavy atom. The normalized spacial score (nSPS) is 13.1. The van der Waals surface area contributed by atoms with Crippen LogP contribution in [-0.2, 0) is 0 Å². The average Bonchev–Trinajstić information content (AvgIpc) is 0.687. The van der Waals surface area contributed by atoms with E-state index in [9.17, 15) is 0 Å². The van der Waals surface area contributed by atoms with Gasteiger partial charge in [-0.25, -0.2) is 0 Å². The standard InChI is InChI=1S/C88H104Si2/c1-53(2)69-51-70(54(3)4)80(58(11)12)83(79(69)57(9)10)61-47-73-67-43-46-78(90(88(20,21)22,65-39-31-25-32-40-65)66-41-33-26-34-42-66)76-50-62(84-81(59(13)14)71(55(5)6)52-72(56(7)8)82(84)60(15)16)48-74(86(67)76)68-44-45-77(75(49-61)85(68)73)89(87(17,18)19,63-35-27-23-28-36-63)64-37-29-24-30-38-64/h23-60H,1-22H3/q-1. The maximum absolute atomic E-state index is 2.99. The molecule has 0 bridgehead atoms. The number of benzene rings is 11. The summed E-state index contributed by atoms with van der Waals surface area (Å²) in [6.45, 7) is 54.3. The zero-order valence-electron chi connectivity index (χ0n) is 58.9. The van der Waals surface area contributed by atoms with Gasteiger partial charge in [0.25, 0.3) is 0 Å². The number of rotatable bonds is 16. The maximum Gasteiger partial charge on any atom is 0.154 e. The van der Waals surface area contributed by atoms with E-state index >= 15 is 0 Å². The van der Waals surface area contributed by atoms with Crippen molar-refractivity contribution < 1.29 is 0 Å². The molecule has 0 aromatic heterocycles. The molecule has 0 saturated carbocycles. The Kier molecular flexibility index (Phi) is 17.5. The van der Waals surface area contributed by atoms with Gasteiger partial charge in [0.2, 0.25) is 0 Å². The predicted octanol–water partition coefficient (Wildman–Crippen LogP) is 22.6. The summed E-state index contributed by atoms with van der Waals surface area (Å²) >= 11 is 0. The molecule has 0 unspecified atom stereocenters. The minimum atomic E-state index is -2.99. The molecule has 0 nitrogen and oxygen atoms in total. The molecule has 0 fully saturated rings. The largest absolute Gasteiger partial charge is 0.175 e. The van der Waals surface area contributed by atoms with Gasteiger partial charge < -0.3 is 0 Å². The molecule has 0 radical (unpaired) electrons. The van der Waals surface area contributed by atoms with Gasteiger partial charge in [-0.2, -0.15) is 15.6 Å². The Hall–Kier alpha value is -6.85. The quantitative estimate of drug-likeness (QED) is 0.0391. The third-order valence-electron chi connectivity index (χ3n) is 21.0. The predicted molar refractivity (Wildman–Crippen MR) is 406 cm³/mol. The molecule has 0 atom stereocenters. The van der Waals surface area contributed by atoms with Crippen LogP contribution in [0, 0.1) is 0 Å². The highest BCUT2D eigenvalue weighted by molar-refractivity contribution is 7.15. The Balaban J connectivity index is 1.49. The van der Waals surface area contributed by atoms with E-state index in [0.717, 1.165) is 0 Å². The molecule has 2 heteroatoms. The summed E-state index contributed by atoms with van der Waals surface area (Å²) in [6, 6.07) is 73.8. The fourth-order valence-electron chi connectivity index (χ4n) is 17.6. The lowest BCUT2D eigenvalue weighted by Crippen LogP contribution is -2.72. The lowest BCUT2D eigenvalue weighted by atomic mass is 9.74. The SMILES string of the molecule is CC(C)c1cc(C(C)C)c(C(C)C)c(-c2cc3c([Si](c4ccccc4)(c4ccccc4)C(C)(C)C)ccc4c5cc(-c6c(C(C)C)c(C(C)C)cc(C(C)C)c6C(C)C)cc6c([Si-](c7ccccc7)(c7ccccc7)C(C)(C)C)ccc(c(c2)c34)c65)c1C(C)C. The van der Waals surface area contributed by atoms with Crippen molar-refractivity contribution in [3.63, 3.8) is 0 Å². The monoisotopic (exact) mass is 1220 g/mol. The third kappa shape index (κ3) is 10.3. The molecule has 11 aromatic carbocycles. The molecule has 465 valence electrons. The van der Waals surface area contributed by atoms with Crippen LogP contribution in [0.25, 0.3) is 65.3 Å². The maximum atomic E-state index is 2.75. The summed E-state index contributed by atoms with van der Waals surface area (Å²) in [5.41, 5.74) is 17.6. The van der Waals surface area contributed by atoms with E-state index in [0.29, 0.717) is 47.3 Å². The third-order valence-corrected chi connectivity index (χ3v) is 32.8. The average molecular weight is 1220 g/mol. The summed E-state index contributed by atoms with van der Waals surface area (Å²) in [4.78, 5) is 0. The first-order chi connectivity index (χ1) is 42.6. The molecule has 0 N–H and O–H groups in total. The van der Waals surface area contributed by atoms with Gasteiger partial charge >= 0.3 is 0 Å². The Morgan fingerprint density at radius 1 is 0.300 bits per heavy atom. The fourth-order valence-corrected chi connectivity index (χ4v) is 29.2. The zero-order chi connectivity index (χ0) is 64.8. The summed E-state index contributed by atoms with van der Waals surface area (Å²) in [7, 11) is -5.99. The second-order valence-electron chi connectivity index (χ2n) is 31.4. The van der Waals surface area contributed by atoms with E-state index in [1.165, 1.54) is 141 Å². The fraction of sp³-hybridized carbons (Fsp3) is 0.364. The van der Waals surface area contributed by atoms with Gasteiger partial charge in [-0.1, -0.05) is 310 Å². The molecule has 0 heterocycles. The molecule has 0 aliphatic heterocycles. The second-order valence-corrected chi connectivity index (χ2v) is 40.8. The molecule has 11 aromatic rings. The topological polar surface area (TPSA) is 0 Å². The van der Waals surface area contributed by atoms with Gasteiger partial charge in [-0.15, -0.1) is 5.04 Å². The van der Waals surface area contributed by atoms with E-state index in [1.54, 1.807) is 0 Å². The minimum absolute atomic E-state index is 0.148. The van der Waals surface area contributed by atoms with Crippen LogP contribution < -0.4 is 31.1 Å². The first kappa shape index (κ1) is 64.7. The van der Waals surface area contributed by atoms with E-state index in [1.807, 2.05) is 0 Å². The smallest absolute Gasteiger partial charge is 0.154 e. The van der Waals surface area contributed by atoms with Crippen molar-refractivity contribution in [3.05, 3.63) is 226 Å². The molecule has 11 rings (SSSR count).